The quantitative estimate of drug-likeness (QED) is 0.648. The fourth-order valence-electron chi connectivity index (χ4n) is 0. The first kappa shape index (κ1) is 15.7. The van der Waals surface area contributed by atoms with Crippen LogP contribution in [0.25, 0.3) is 0 Å². The van der Waals surface area contributed by atoms with E-state index in [1.807, 2.05) is 0 Å². The van der Waals surface area contributed by atoms with Gasteiger partial charge in [0.2, 0.25) is 0 Å². The minimum atomic E-state index is -1.83. The zero-order valence-electron chi connectivity index (χ0n) is 3.21. The van der Waals surface area contributed by atoms with Gasteiger partial charge in [0.25, 0.3) is 0 Å². The second-order valence-electron chi connectivity index (χ2n) is 0.283. The van der Waals surface area contributed by atoms with E-state index in [1.165, 1.54) is 0 Å². The van der Waals surface area contributed by atoms with E-state index in [9.17, 15) is 0 Å². The van der Waals surface area contributed by atoms with Gasteiger partial charge in [0.1, 0.15) is 0 Å². The van der Waals surface area contributed by atoms with Crippen LogP contribution in [0.15, 0.2) is 0 Å². The molecule has 0 aliphatic rings. The van der Waals surface area contributed by atoms with Crippen LogP contribution in [0.2, 0.25) is 0 Å². The Labute approximate surface area is 74.3 Å². The molecule has 0 saturated heterocycles. The molecule has 0 aromatic heterocycles. The molecule has 0 aromatic rings. The van der Waals surface area contributed by atoms with E-state index >= 15 is 0 Å². The maximum absolute atomic E-state index is 8.56. The van der Waals surface area contributed by atoms with Crippen molar-refractivity contribution in [1.29, 1.82) is 0 Å². The number of hydrogen-bond acceptors (Lipinski definition) is 2. The number of carboxylic acid groups (broad SMARTS) is 2. The molecule has 0 radical (unpaired) electrons. The summed E-state index contributed by atoms with van der Waals surface area (Å²) in [4.78, 5) is 8.56. The van der Waals surface area contributed by atoms with Gasteiger partial charge in [-0.05, 0) is 0 Å². The van der Waals surface area contributed by atoms with Crippen molar-refractivity contribution < 1.29 is 68.7 Å². The molecular weight excluding hydrogens is 258 g/mol. The molecular formula is CH2O4Zr2. The molecule has 0 spiro atoms. The summed E-state index contributed by atoms with van der Waals surface area (Å²) in [6, 6.07) is 0. The Bertz CT molecular complexity index is 41.0. The zero-order chi connectivity index (χ0) is 5.58. The van der Waals surface area contributed by atoms with E-state index in [4.69, 9.17) is 17.8 Å². The van der Waals surface area contributed by atoms with E-state index in [0.29, 0.717) is 24.7 Å². The van der Waals surface area contributed by atoms with E-state index in [0.717, 1.165) is 0 Å². The Balaban J connectivity index is -0.0000000480. The Hall–Kier alpha value is 0.836. The standard InChI is InChI=1S/CH2O3.O.2Zr/c2-1(3)4;;;/h(H2,2,3,4);;;. The zero-order valence-corrected chi connectivity index (χ0v) is 8.13. The molecule has 7 heavy (non-hydrogen) atoms. The van der Waals surface area contributed by atoms with Crippen molar-refractivity contribution in [2.45, 2.75) is 0 Å². The summed E-state index contributed by atoms with van der Waals surface area (Å²) in [5.74, 6) is 0. The molecule has 0 rings (SSSR count). The number of rotatable bonds is 0. The minimum absolute atomic E-state index is 0. The molecule has 0 heterocycles. The van der Waals surface area contributed by atoms with Crippen LogP contribution in [0.3, 0.4) is 0 Å². The first-order valence-electron chi connectivity index (χ1n) is 0.855. The summed E-state index contributed by atoms with van der Waals surface area (Å²) >= 11 is 0.300. The maximum Gasteiger partial charge on any atom is 0 e. The van der Waals surface area contributed by atoms with Gasteiger partial charge in [0.15, 0.2) is 0 Å². The average Bonchev–Trinajstić information content (AvgIpc) is 1.41. The van der Waals surface area contributed by atoms with Crippen molar-refractivity contribution >= 4 is 6.16 Å². The van der Waals surface area contributed by atoms with Crippen molar-refractivity contribution in [3.8, 4) is 0 Å². The Morgan fingerprint density at radius 2 is 1.29 bits per heavy atom. The predicted octanol–water partition coefficient (Wildman–Crippen LogP) is 0.0986. The molecule has 0 bridgehead atoms. The van der Waals surface area contributed by atoms with Gasteiger partial charge in [-0.1, -0.05) is 0 Å². The summed E-state index contributed by atoms with van der Waals surface area (Å²) in [5, 5.41) is 13.9. The molecule has 0 unspecified atom stereocenters. The topological polar surface area (TPSA) is 74.6 Å². The van der Waals surface area contributed by atoms with Crippen molar-refractivity contribution in [1.82, 2.24) is 0 Å². The SMILES string of the molecule is O=C(O)O.[O]=[Zr].[Zr]. The summed E-state index contributed by atoms with van der Waals surface area (Å²) < 4.78 is 8.34. The minimum Gasteiger partial charge on any atom is 0 e. The fourth-order valence-corrected chi connectivity index (χ4v) is 0. The summed E-state index contributed by atoms with van der Waals surface area (Å²) in [5.41, 5.74) is 0. The molecule has 0 fully saturated rings. The van der Waals surface area contributed by atoms with Crippen LogP contribution >= 0.6 is 0 Å². The first-order chi connectivity index (χ1) is 2.73. The van der Waals surface area contributed by atoms with Crippen molar-refractivity contribution in [2.75, 3.05) is 0 Å². The second kappa shape index (κ2) is 15.8. The Morgan fingerprint density at radius 1 is 1.29 bits per heavy atom. The smallest absolute Gasteiger partial charge is 0 e. The first-order valence-corrected chi connectivity index (χ1v) is 1.86. The molecule has 0 atom stereocenters. The monoisotopic (exact) mass is 258 g/mol. The second-order valence-corrected chi connectivity index (χ2v) is 0.283. The average molecular weight is 260 g/mol. The van der Waals surface area contributed by atoms with Gasteiger partial charge in [0, 0.05) is 26.2 Å². The predicted molar refractivity (Wildman–Crippen MR) is 11.3 cm³/mol. The maximum atomic E-state index is 8.56. The van der Waals surface area contributed by atoms with Crippen LogP contribution in [0, 0.1) is 0 Å². The molecule has 0 aliphatic carbocycles. The van der Waals surface area contributed by atoms with Crippen LogP contribution < -0.4 is 0 Å². The van der Waals surface area contributed by atoms with Gasteiger partial charge in [-0.3, -0.25) is 0 Å². The van der Waals surface area contributed by atoms with E-state index < -0.39 is 6.16 Å². The van der Waals surface area contributed by atoms with Crippen LogP contribution in [-0.4, -0.2) is 16.4 Å². The molecule has 0 amide bonds. The van der Waals surface area contributed by atoms with Gasteiger partial charge < -0.3 is 10.2 Å². The van der Waals surface area contributed by atoms with Gasteiger partial charge in [-0.2, -0.15) is 0 Å². The summed E-state index contributed by atoms with van der Waals surface area (Å²) in [6.45, 7) is 0. The Morgan fingerprint density at radius 3 is 1.29 bits per heavy atom. The third-order valence-electron chi connectivity index (χ3n) is 0. The summed E-state index contributed by atoms with van der Waals surface area (Å²) in [7, 11) is 0. The van der Waals surface area contributed by atoms with Gasteiger partial charge in [0.05, 0.1) is 0 Å². The van der Waals surface area contributed by atoms with E-state index in [1.54, 1.807) is 0 Å². The largest absolute Gasteiger partial charge is 0 e. The van der Waals surface area contributed by atoms with Crippen LogP contribution in [-0.2, 0) is 53.7 Å². The number of hydrogen-bond donors (Lipinski definition) is 2. The normalized spacial score (nSPS) is 3.86. The molecule has 4 nitrogen and oxygen atoms in total. The molecule has 0 aromatic carbocycles. The molecule has 2 N–H and O–H groups in total. The van der Waals surface area contributed by atoms with E-state index in [2.05, 4.69) is 0 Å². The van der Waals surface area contributed by atoms with Gasteiger partial charge in [-0.25, -0.2) is 4.79 Å². The molecule has 0 saturated carbocycles. The van der Waals surface area contributed by atoms with Crippen LogP contribution in [0.1, 0.15) is 0 Å². The van der Waals surface area contributed by atoms with Crippen molar-refractivity contribution in [3.63, 3.8) is 0 Å². The molecule has 6 heteroatoms. The molecule has 0 aliphatic heterocycles. The van der Waals surface area contributed by atoms with Gasteiger partial charge >= 0.3 is 33.7 Å². The summed E-state index contributed by atoms with van der Waals surface area (Å²) in [6.07, 6.45) is -1.83. The van der Waals surface area contributed by atoms with E-state index in [-0.39, 0.29) is 26.2 Å². The third kappa shape index (κ3) is 229. The third-order valence-corrected chi connectivity index (χ3v) is 0. The molecule has 38 valence electrons. The number of carbonyl (C=O) groups is 1. The Kier molecular flexibility index (Phi) is 35.4. The van der Waals surface area contributed by atoms with Crippen molar-refractivity contribution in [3.05, 3.63) is 0 Å². The van der Waals surface area contributed by atoms with Crippen molar-refractivity contribution in [2.24, 2.45) is 0 Å². The van der Waals surface area contributed by atoms with Gasteiger partial charge in [-0.15, -0.1) is 0 Å². The van der Waals surface area contributed by atoms with Crippen LogP contribution in [0.4, 0.5) is 4.79 Å². The van der Waals surface area contributed by atoms with Crippen LogP contribution in [0.5, 0.6) is 0 Å². The fraction of sp³-hybridized carbons (Fsp3) is 0.